The lowest BCUT2D eigenvalue weighted by Crippen LogP contribution is -2.17. The summed E-state index contributed by atoms with van der Waals surface area (Å²) in [5, 5.41) is 1.12. The molecule has 2 nitrogen and oxygen atoms in total. The van der Waals surface area contributed by atoms with E-state index in [9.17, 15) is 0 Å². The van der Waals surface area contributed by atoms with Gasteiger partial charge in [0.15, 0.2) is 0 Å². The van der Waals surface area contributed by atoms with E-state index in [4.69, 9.17) is 10.7 Å². The molecule has 19 heavy (non-hydrogen) atoms. The van der Waals surface area contributed by atoms with Crippen molar-refractivity contribution in [2.75, 3.05) is 6.54 Å². The van der Waals surface area contributed by atoms with Gasteiger partial charge in [0, 0.05) is 27.4 Å². The van der Waals surface area contributed by atoms with Crippen LogP contribution in [0.25, 0.3) is 10.6 Å². The van der Waals surface area contributed by atoms with E-state index in [1.165, 1.54) is 34.5 Å². The van der Waals surface area contributed by atoms with Gasteiger partial charge in [0.2, 0.25) is 0 Å². The molecule has 0 aliphatic heterocycles. The van der Waals surface area contributed by atoms with Crippen LogP contribution in [0.15, 0.2) is 22.7 Å². The van der Waals surface area contributed by atoms with Gasteiger partial charge < -0.3 is 5.73 Å². The van der Waals surface area contributed by atoms with E-state index in [-0.39, 0.29) is 0 Å². The van der Waals surface area contributed by atoms with Crippen LogP contribution in [-0.4, -0.2) is 11.5 Å². The fraction of sp³-hybridized carbons (Fsp3) is 0.400. The number of nitrogens with two attached hydrogens (primary N) is 1. The maximum Gasteiger partial charge on any atom is 0.125 e. The topological polar surface area (TPSA) is 38.9 Å². The number of aromatic nitrogens is 1. The van der Waals surface area contributed by atoms with Gasteiger partial charge in [-0.05, 0) is 37.8 Å². The average Bonchev–Trinajstić information content (AvgIpc) is 2.81. The largest absolute Gasteiger partial charge is 0.330 e. The summed E-state index contributed by atoms with van der Waals surface area (Å²) in [6.45, 7) is 2.82. The Labute approximate surface area is 126 Å². The highest BCUT2D eigenvalue weighted by molar-refractivity contribution is 9.10. The zero-order valence-corrected chi connectivity index (χ0v) is 13.4. The molecule has 0 fully saturated rings. The molecule has 1 aromatic heterocycles. The van der Waals surface area contributed by atoms with Crippen molar-refractivity contribution in [1.29, 1.82) is 0 Å². The van der Waals surface area contributed by atoms with Crippen molar-refractivity contribution < 1.29 is 0 Å². The molecule has 2 N–H and O–H groups in total. The summed E-state index contributed by atoms with van der Waals surface area (Å²) in [4.78, 5) is 6.31. The molecule has 0 spiro atoms. The van der Waals surface area contributed by atoms with E-state index in [0.717, 1.165) is 15.9 Å². The Morgan fingerprint density at radius 2 is 2.32 bits per heavy atom. The maximum atomic E-state index is 5.87. The maximum absolute atomic E-state index is 5.87. The summed E-state index contributed by atoms with van der Waals surface area (Å²) < 4.78 is 1.13. The molecule has 0 bridgehead atoms. The SMILES string of the molecule is Cc1ccc(-c2nc3c(s2)CCCC3CN)c(Br)c1. The van der Waals surface area contributed by atoms with Crippen LogP contribution >= 0.6 is 27.3 Å². The van der Waals surface area contributed by atoms with Crippen molar-refractivity contribution in [2.45, 2.75) is 32.1 Å². The lowest BCUT2D eigenvalue weighted by atomic mass is 9.91. The van der Waals surface area contributed by atoms with Gasteiger partial charge in [-0.1, -0.05) is 28.1 Å². The van der Waals surface area contributed by atoms with Gasteiger partial charge in [0.1, 0.15) is 5.01 Å². The van der Waals surface area contributed by atoms with Crippen LogP contribution < -0.4 is 5.73 Å². The van der Waals surface area contributed by atoms with Crippen LogP contribution in [0.4, 0.5) is 0 Å². The standard InChI is InChI=1S/C15H17BrN2S/c1-9-5-6-11(12(16)7-9)15-18-14-10(8-17)3-2-4-13(14)19-15/h5-7,10H,2-4,8,17H2,1H3. The average molecular weight is 337 g/mol. The van der Waals surface area contributed by atoms with Crippen LogP contribution in [0.3, 0.4) is 0 Å². The molecule has 1 aliphatic carbocycles. The fourth-order valence-corrected chi connectivity index (χ4v) is 4.69. The first kappa shape index (κ1) is 13.3. The van der Waals surface area contributed by atoms with Gasteiger partial charge in [-0.2, -0.15) is 0 Å². The molecule has 1 aromatic carbocycles. The number of nitrogens with zero attached hydrogens (tertiary/aromatic N) is 1. The van der Waals surface area contributed by atoms with Gasteiger partial charge in [-0.25, -0.2) is 4.98 Å². The third-order valence-corrected chi connectivity index (χ3v) is 5.53. The highest BCUT2D eigenvalue weighted by atomic mass is 79.9. The third-order valence-electron chi connectivity index (χ3n) is 3.71. The number of hydrogen-bond donors (Lipinski definition) is 1. The summed E-state index contributed by atoms with van der Waals surface area (Å²) in [6.07, 6.45) is 3.58. The summed E-state index contributed by atoms with van der Waals surface area (Å²) in [7, 11) is 0. The van der Waals surface area contributed by atoms with Crippen molar-refractivity contribution in [1.82, 2.24) is 4.98 Å². The Morgan fingerprint density at radius 1 is 1.47 bits per heavy atom. The smallest absolute Gasteiger partial charge is 0.125 e. The van der Waals surface area contributed by atoms with E-state index in [1.807, 2.05) is 11.3 Å². The van der Waals surface area contributed by atoms with Crippen LogP contribution in [-0.2, 0) is 6.42 Å². The van der Waals surface area contributed by atoms with E-state index >= 15 is 0 Å². The van der Waals surface area contributed by atoms with Crippen molar-refractivity contribution in [3.05, 3.63) is 38.8 Å². The molecule has 1 unspecified atom stereocenters. The lowest BCUT2D eigenvalue weighted by Gasteiger charge is -2.18. The number of thiazole rings is 1. The van der Waals surface area contributed by atoms with Gasteiger partial charge in [0.25, 0.3) is 0 Å². The predicted molar refractivity (Wildman–Crippen MR) is 84.7 cm³/mol. The highest BCUT2D eigenvalue weighted by Crippen LogP contribution is 2.39. The predicted octanol–water partition coefficient (Wildman–Crippen LogP) is 4.26. The molecule has 0 saturated heterocycles. The summed E-state index contributed by atoms with van der Waals surface area (Å²) in [5.74, 6) is 0.456. The van der Waals surface area contributed by atoms with E-state index in [1.54, 1.807) is 0 Å². The van der Waals surface area contributed by atoms with Crippen LogP contribution in [0.2, 0.25) is 0 Å². The zero-order chi connectivity index (χ0) is 13.4. The number of rotatable bonds is 2. The Morgan fingerprint density at radius 3 is 3.05 bits per heavy atom. The molecule has 2 aromatic rings. The number of fused-ring (bicyclic) bond motifs is 1. The summed E-state index contributed by atoms with van der Waals surface area (Å²) >= 11 is 5.48. The second kappa shape index (κ2) is 5.35. The minimum absolute atomic E-state index is 0.456. The molecular formula is C15H17BrN2S. The molecule has 0 saturated carbocycles. The van der Waals surface area contributed by atoms with Crippen molar-refractivity contribution in [2.24, 2.45) is 5.73 Å². The molecule has 1 heterocycles. The van der Waals surface area contributed by atoms with Gasteiger partial charge in [-0.15, -0.1) is 11.3 Å². The quantitative estimate of drug-likeness (QED) is 0.889. The van der Waals surface area contributed by atoms with Crippen molar-refractivity contribution >= 4 is 27.3 Å². The number of benzene rings is 1. The first-order valence-electron chi connectivity index (χ1n) is 6.65. The van der Waals surface area contributed by atoms with Crippen molar-refractivity contribution in [3.63, 3.8) is 0 Å². The van der Waals surface area contributed by atoms with Gasteiger partial charge >= 0.3 is 0 Å². The zero-order valence-electron chi connectivity index (χ0n) is 10.9. The first-order valence-corrected chi connectivity index (χ1v) is 8.26. The normalized spacial score (nSPS) is 18.4. The molecule has 3 rings (SSSR count). The second-order valence-corrected chi connectivity index (χ2v) is 7.07. The minimum atomic E-state index is 0.456. The minimum Gasteiger partial charge on any atom is -0.330 e. The Kier molecular flexibility index (Phi) is 3.74. The first-order chi connectivity index (χ1) is 9.19. The number of hydrogen-bond acceptors (Lipinski definition) is 3. The van der Waals surface area contributed by atoms with Gasteiger partial charge in [-0.3, -0.25) is 0 Å². The molecule has 1 atom stereocenters. The second-order valence-electron chi connectivity index (χ2n) is 5.14. The van der Waals surface area contributed by atoms with E-state index < -0.39 is 0 Å². The summed E-state index contributed by atoms with van der Waals surface area (Å²) in [6, 6.07) is 6.44. The van der Waals surface area contributed by atoms with E-state index in [0.29, 0.717) is 12.5 Å². The van der Waals surface area contributed by atoms with Crippen LogP contribution in [0, 0.1) is 6.92 Å². The Balaban J connectivity index is 2.05. The highest BCUT2D eigenvalue weighted by Gasteiger charge is 2.24. The Bertz CT molecular complexity index is 606. The molecule has 0 radical (unpaired) electrons. The molecule has 1 aliphatic rings. The van der Waals surface area contributed by atoms with Crippen LogP contribution in [0.5, 0.6) is 0 Å². The molecule has 4 heteroatoms. The van der Waals surface area contributed by atoms with Crippen LogP contribution in [0.1, 0.15) is 34.9 Å². The monoisotopic (exact) mass is 336 g/mol. The van der Waals surface area contributed by atoms with Gasteiger partial charge in [0.05, 0.1) is 5.69 Å². The molecular weight excluding hydrogens is 320 g/mol. The summed E-state index contributed by atoms with van der Waals surface area (Å²) in [5.41, 5.74) is 9.58. The fourth-order valence-electron chi connectivity index (χ4n) is 2.65. The number of halogens is 1. The molecule has 0 amide bonds. The third kappa shape index (κ3) is 2.49. The Hall–Kier alpha value is -0.710. The number of aryl methyl sites for hydroxylation is 2. The lowest BCUT2D eigenvalue weighted by molar-refractivity contribution is 0.554. The molecule has 100 valence electrons. The van der Waals surface area contributed by atoms with Crippen molar-refractivity contribution in [3.8, 4) is 10.6 Å². The van der Waals surface area contributed by atoms with E-state index in [2.05, 4.69) is 41.1 Å².